The third-order valence-corrected chi connectivity index (χ3v) is 6.27. The lowest BCUT2D eigenvalue weighted by molar-refractivity contribution is 0.00137. The van der Waals surface area contributed by atoms with E-state index in [-0.39, 0.29) is 22.7 Å². The SMILES string of the molecule is COC(=N)c1ccc(S[C@@H]2O[C@H]3[C@H](SC[C@H]3O)[C@H]2O)cc1. The number of ether oxygens (including phenoxy) is 2. The summed E-state index contributed by atoms with van der Waals surface area (Å²) in [7, 11) is 1.47. The average Bonchev–Trinajstić information content (AvgIpc) is 3.01. The number of benzene rings is 1. The fraction of sp³-hybridized carbons (Fsp3) is 0.500. The zero-order valence-corrected chi connectivity index (χ0v) is 13.1. The summed E-state index contributed by atoms with van der Waals surface area (Å²) in [6.07, 6.45) is -1.35. The van der Waals surface area contributed by atoms with Crippen LogP contribution in [0.15, 0.2) is 29.2 Å². The highest BCUT2D eigenvalue weighted by Gasteiger charge is 2.51. The van der Waals surface area contributed by atoms with Crippen LogP contribution in [0.3, 0.4) is 0 Å². The van der Waals surface area contributed by atoms with Gasteiger partial charge in [0.15, 0.2) is 0 Å². The van der Waals surface area contributed by atoms with Gasteiger partial charge in [0, 0.05) is 16.2 Å². The molecule has 0 amide bonds. The van der Waals surface area contributed by atoms with Crippen molar-refractivity contribution in [3.05, 3.63) is 29.8 Å². The molecule has 1 aromatic carbocycles. The Morgan fingerprint density at radius 3 is 2.71 bits per heavy atom. The number of methoxy groups -OCH3 is 1. The van der Waals surface area contributed by atoms with Gasteiger partial charge in [-0.15, -0.1) is 0 Å². The van der Waals surface area contributed by atoms with E-state index in [4.69, 9.17) is 14.9 Å². The van der Waals surface area contributed by atoms with Crippen molar-refractivity contribution in [3.63, 3.8) is 0 Å². The van der Waals surface area contributed by atoms with E-state index in [1.54, 1.807) is 23.9 Å². The summed E-state index contributed by atoms with van der Waals surface area (Å²) >= 11 is 3.01. The maximum Gasteiger partial charge on any atom is 0.212 e. The molecule has 5 nitrogen and oxygen atoms in total. The van der Waals surface area contributed by atoms with Crippen molar-refractivity contribution in [2.75, 3.05) is 12.9 Å². The molecule has 5 atom stereocenters. The normalized spacial score (nSPS) is 34.7. The molecule has 3 rings (SSSR count). The first-order chi connectivity index (χ1) is 10.1. The number of aliphatic hydroxyl groups excluding tert-OH is 2. The maximum absolute atomic E-state index is 10.3. The molecular formula is C14H17NO4S2. The second-order valence-corrected chi connectivity index (χ2v) is 7.38. The summed E-state index contributed by atoms with van der Waals surface area (Å²) in [5.74, 6) is 0.746. The summed E-state index contributed by atoms with van der Waals surface area (Å²) in [4.78, 5) is 0.950. The van der Waals surface area contributed by atoms with Crippen LogP contribution >= 0.6 is 23.5 Å². The molecule has 3 N–H and O–H groups in total. The predicted octanol–water partition coefficient (Wildman–Crippen LogP) is 1.31. The minimum absolute atomic E-state index is 0.0431. The molecule has 0 radical (unpaired) electrons. The number of fused-ring (bicyclic) bond motifs is 1. The fourth-order valence-corrected chi connectivity index (χ4v) is 5.04. The first-order valence-corrected chi connectivity index (χ1v) is 8.56. The Morgan fingerprint density at radius 1 is 1.38 bits per heavy atom. The van der Waals surface area contributed by atoms with Crippen molar-refractivity contribution in [1.29, 1.82) is 5.41 Å². The van der Waals surface area contributed by atoms with Crippen LogP contribution in [0.25, 0.3) is 0 Å². The number of thioether (sulfide) groups is 2. The van der Waals surface area contributed by atoms with Gasteiger partial charge in [0.2, 0.25) is 5.90 Å². The van der Waals surface area contributed by atoms with E-state index in [1.165, 1.54) is 18.9 Å². The van der Waals surface area contributed by atoms with Crippen LogP contribution in [0, 0.1) is 5.41 Å². The Balaban J connectivity index is 1.66. The van der Waals surface area contributed by atoms with Gasteiger partial charge in [-0.05, 0) is 24.3 Å². The van der Waals surface area contributed by atoms with Gasteiger partial charge in [-0.25, -0.2) is 0 Å². The number of hydrogen-bond donors (Lipinski definition) is 3. The summed E-state index contributed by atoms with van der Waals surface area (Å²) in [6, 6.07) is 7.36. The quantitative estimate of drug-likeness (QED) is 0.574. The lowest BCUT2D eigenvalue weighted by atomic mass is 10.1. The van der Waals surface area contributed by atoms with E-state index in [1.807, 2.05) is 12.1 Å². The van der Waals surface area contributed by atoms with Crippen molar-refractivity contribution >= 4 is 29.4 Å². The summed E-state index contributed by atoms with van der Waals surface area (Å²) < 4.78 is 10.7. The number of aliphatic hydroxyl groups is 2. The largest absolute Gasteiger partial charge is 0.481 e. The van der Waals surface area contributed by atoms with E-state index >= 15 is 0 Å². The number of hydrogen-bond acceptors (Lipinski definition) is 7. The molecule has 2 heterocycles. The van der Waals surface area contributed by atoms with Crippen molar-refractivity contribution in [2.24, 2.45) is 0 Å². The Labute approximate surface area is 131 Å². The van der Waals surface area contributed by atoms with Gasteiger partial charge >= 0.3 is 0 Å². The predicted molar refractivity (Wildman–Crippen MR) is 83.1 cm³/mol. The molecule has 2 aliphatic rings. The van der Waals surface area contributed by atoms with Crippen molar-refractivity contribution in [3.8, 4) is 0 Å². The molecule has 21 heavy (non-hydrogen) atoms. The van der Waals surface area contributed by atoms with Crippen LogP contribution in [-0.4, -0.2) is 58.0 Å². The molecule has 2 aliphatic heterocycles. The Kier molecular flexibility index (Phi) is 4.46. The number of rotatable bonds is 3. The highest BCUT2D eigenvalue weighted by Crippen LogP contribution is 2.44. The van der Waals surface area contributed by atoms with E-state index in [9.17, 15) is 10.2 Å². The highest BCUT2D eigenvalue weighted by molar-refractivity contribution is 8.01. The molecule has 1 aromatic rings. The first-order valence-electron chi connectivity index (χ1n) is 6.63. The molecule has 0 saturated carbocycles. The Bertz CT molecular complexity index is 524. The first kappa shape index (κ1) is 15.2. The molecule has 7 heteroatoms. The molecule has 0 bridgehead atoms. The molecule has 2 fully saturated rings. The molecule has 0 aliphatic carbocycles. The van der Waals surface area contributed by atoms with Gasteiger partial charge in [0.25, 0.3) is 0 Å². The van der Waals surface area contributed by atoms with E-state index < -0.39 is 12.2 Å². The van der Waals surface area contributed by atoms with Gasteiger partial charge in [-0.2, -0.15) is 11.8 Å². The summed E-state index contributed by atoms with van der Waals surface area (Å²) in [6.45, 7) is 0. The van der Waals surface area contributed by atoms with Gasteiger partial charge in [-0.1, -0.05) is 11.8 Å². The van der Waals surface area contributed by atoms with Crippen molar-refractivity contribution in [1.82, 2.24) is 0 Å². The average molecular weight is 327 g/mol. The summed E-state index contributed by atoms with van der Waals surface area (Å²) in [5, 5.41) is 27.7. The maximum atomic E-state index is 10.3. The number of nitrogens with one attached hydrogen (secondary N) is 1. The van der Waals surface area contributed by atoms with Crippen LogP contribution in [0.2, 0.25) is 0 Å². The second kappa shape index (κ2) is 6.18. The van der Waals surface area contributed by atoms with E-state index in [0.717, 1.165) is 4.90 Å². The van der Waals surface area contributed by atoms with Crippen molar-refractivity contribution < 1.29 is 19.7 Å². The van der Waals surface area contributed by atoms with Crippen LogP contribution < -0.4 is 0 Å². The molecule has 2 saturated heterocycles. The zero-order valence-electron chi connectivity index (χ0n) is 11.4. The van der Waals surface area contributed by atoms with Gasteiger partial charge in [-0.3, -0.25) is 5.41 Å². The Hall–Kier alpha value is -0.730. The smallest absolute Gasteiger partial charge is 0.212 e. The minimum Gasteiger partial charge on any atom is -0.481 e. The molecule has 0 aromatic heterocycles. The van der Waals surface area contributed by atoms with E-state index in [2.05, 4.69) is 0 Å². The fourth-order valence-electron chi connectivity index (χ4n) is 2.50. The molecule has 114 valence electrons. The second-order valence-electron chi connectivity index (χ2n) is 5.00. The molecule has 0 spiro atoms. The Morgan fingerprint density at radius 2 is 2.10 bits per heavy atom. The van der Waals surface area contributed by atoms with Crippen LogP contribution in [0.5, 0.6) is 0 Å². The summed E-state index contributed by atoms with van der Waals surface area (Å²) in [5.41, 5.74) is 0.341. The van der Waals surface area contributed by atoms with Crippen LogP contribution in [0.1, 0.15) is 5.56 Å². The highest BCUT2D eigenvalue weighted by atomic mass is 32.2. The van der Waals surface area contributed by atoms with Crippen LogP contribution in [0.4, 0.5) is 0 Å². The van der Waals surface area contributed by atoms with Gasteiger partial charge in [0.1, 0.15) is 17.6 Å². The van der Waals surface area contributed by atoms with Gasteiger partial charge in [0.05, 0.1) is 18.5 Å². The third kappa shape index (κ3) is 2.93. The lowest BCUT2D eigenvalue weighted by Crippen LogP contribution is -2.29. The van der Waals surface area contributed by atoms with Gasteiger partial charge < -0.3 is 19.7 Å². The minimum atomic E-state index is -0.584. The topological polar surface area (TPSA) is 82.8 Å². The monoisotopic (exact) mass is 327 g/mol. The van der Waals surface area contributed by atoms with Crippen LogP contribution in [-0.2, 0) is 9.47 Å². The zero-order chi connectivity index (χ0) is 15.0. The molecular weight excluding hydrogens is 310 g/mol. The van der Waals surface area contributed by atoms with E-state index in [0.29, 0.717) is 11.3 Å². The lowest BCUT2D eigenvalue weighted by Gasteiger charge is -2.17. The van der Waals surface area contributed by atoms with Crippen molar-refractivity contribution in [2.45, 2.75) is 33.9 Å². The third-order valence-electron chi connectivity index (χ3n) is 3.64. The molecule has 0 unspecified atom stereocenters. The standard InChI is InChI=1S/C14H17NO4S2/c1-18-13(15)7-2-4-8(5-3-7)21-14-10(17)12-11(19-14)9(16)6-20-12/h2-5,9-12,14-17H,6H2,1H3/t9-,10-,11-,12-,14+/m1/s1.